The zero-order chi connectivity index (χ0) is 23.1. The smallest absolute Gasteiger partial charge is 0.286 e. The number of rotatable bonds is 8. The summed E-state index contributed by atoms with van der Waals surface area (Å²) in [6.45, 7) is 6.09. The Balaban J connectivity index is 1.47. The predicted octanol–water partition coefficient (Wildman–Crippen LogP) is 3.85. The van der Waals surface area contributed by atoms with Crippen LogP contribution in [0.1, 0.15) is 59.1 Å². The second kappa shape index (κ2) is 11.4. The quantitative estimate of drug-likeness (QED) is 0.601. The average Bonchev–Trinajstić information content (AvgIpc) is 3.24. The Labute approximate surface area is 196 Å². The van der Waals surface area contributed by atoms with Crippen molar-refractivity contribution < 1.29 is 14.4 Å². The fourth-order valence-corrected chi connectivity index (χ4v) is 4.36. The predicted molar refractivity (Wildman–Crippen MR) is 125 cm³/mol. The highest BCUT2D eigenvalue weighted by atomic mass is 35.5. The molecule has 1 aromatic heterocycles. The van der Waals surface area contributed by atoms with E-state index >= 15 is 0 Å². The lowest BCUT2D eigenvalue weighted by atomic mass is 9.93. The number of amides is 3. The molecule has 32 heavy (non-hydrogen) atoms. The average molecular weight is 478 g/mol. The van der Waals surface area contributed by atoms with Crippen molar-refractivity contribution in [2.75, 3.05) is 25.0 Å². The van der Waals surface area contributed by atoms with Gasteiger partial charge in [-0.05, 0) is 49.3 Å². The number of piperidine rings is 1. The highest BCUT2D eigenvalue weighted by Gasteiger charge is 2.27. The van der Waals surface area contributed by atoms with Gasteiger partial charge in [0, 0.05) is 36.8 Å². The number of benzene rings is 1. The maximum absolute atomic E-state index is 12.8. The van der Waals surface area contributed by atoms with E-state index in [-0.39, 0.29) is 27.7 Å². The topological polar surface area (TPSA) is 104 Å². The van der Waals surface area contributed by atoms with E-state index in [0.29, 0.717) is 42.7 Å². The van der Waals surface area contributed by atoms with Crippen LogP contribution in [0.25, 0.3) is 0 Å². The molecule has 1 aliphatic heterocycles. The monoisotopic (exact) mass is 477 g/mol. The lowest BCUT2D eigenvalue weighted by Crippen LogP contribution is -2.39. The second-order valence-electron chi connectivity index (χ2n) is 8.35. The fourth-order valence-electron chi connectivity index (χ4n) is 3.46. The normalized spacial score (nSPS) is 14.4. The van der Waals surface area contributed by atoms with Crippen molar-refractivity contribution in [1.82, 2.24) is 20.4 Å². The Morgan fingerprint density at radius 2 is 1.91 bits per heavy atom. The number of aromatic nitrogens is 2. The lowest BCUT2D eigenvalue weighted by Gasteiger charge is -2.31. The molecule has 0 unspecified atom stereocenters. The van der Waals surface area contributed by atoms with E-state index in [9.17, 15) is 14.4 Å². The Kier molecular flexibility index (Phi) is 8.58. The maximum Gasteiger partial charge on any atom is 0.286 e. The van der Waals surface area contributed by atoms with Gasteiger partial charge in [0.25, 0.3) is 11.8 Å². The molecule has 1 aromatic carbocycles. The van der Waals surface area contributed by atoms with Crippen molar-refractivity contribution >= 4 is 46.3 Å². The molecular formula is C22H28ClN5O3S. The molecule has 2 heterocycles. The Morgan fingerprint density at radius 3 is 2.59 bits per heavy atom. The van der Waals surface area contributed by atoms with E-state index in [1.54, 1.807) is 29.2 Å². The molecule has 0 aliphatic carbocycles. The molecular weight excluding hydrogens is 450 g/mol. The minimum Gasteiger partial charge on any atom is -0.356 e. The summed E-state index contributed by atoms with van der Waals surface area (Å²) in [7, 11) is 0. The summed E-state index contributed by atoms with van der Waals surface area (Å²) in [6.07, 6.45) is 3.00. The van der Waals surface area contributed by atoms with Crippen molar-refractivity contribution in [1.29, 1.82) is 0 Å². The third kappa shape index (κ3) is 7.00. The first-order valence-corrected chi connectivity index (χ1v) is 12.0. The van der Waals surface area contributed by atoms with Gasteiger partial charge in [0.2, 0.25) is 15.9 Å². The van der Waals surface area contributed by atoms with Crippen LogP contribution in [0.3, 0.4) is 0 Å². The van der Waals surface area contributed by atoms with Gasteiger partial charge in [0.1, 0.15) is 0 Å². The number of nitrogens with zero attached hydrogens (tertiary/aromatic N) is 3. The van der Waals surface area contributed by atoms with Gasteiger partial charge in [-0.1, -0.05) is 42.9 Å². The van der Waals surface area contributed by atoms with Gasteiger partial charge in [0.15, 0.2) is 0 Å². The molecule has 1 saturated heterocycles. The van der Waals surface area contributed by atoms with E-state index in [4.69, 9.17) is 11.6 Å². The molecule has 0 bridgehead atoms. The third-order valence-electron chi connectivity index (χ3n) is 5.30. The van der Waals surface area contributed by atoms with Crippen molar-refractivity contribution in [3.63, 3.8) is 0 Å². The molecule has 0 radical (unpaired) electrons. The fraction of sp³-hybridized carbons (Fsp3) is 0.500. The molecule has 2 N–H and O–H groups in total. The molecule has 172 valence electrons. The summed E-state index contributed by atoms with van der Waals surface area (Å²) < 4.78 is 0. The maximum atomic E-state index is 12.8. The molecule has 3 amide bonds. The van der Waals surface area contributed by atoms with Gasteiger partial charge < -0.3 is 15.5 Å². The van der Waals surface area contributed by atoms with Crippen LogP contribution in [-0.2, 0) is 4.79 Å². The summed E-state index contributed by atoms with van der Waals surface area (Å²) in [4.78, 5) is 39.0. The first-order valence-electron chi connectivity index (χ1n) is 10.8. The summed E-state index contributed by atoms with van der Waals surface area (Å²) in [5, 5.41) is 14.3. The van der Waals surface area contributed by atoms with E-state index < -0.39 is 5.91 Å². The molecule has 0 saturated carbocycles. The second-order valence-corrected chi connectivity index (χ2v) is 9.76. The zero-order valence-electron chi connectivity index (χ0n) is 18.3. The van der Waals surface area contributed by atoms with Gasteiger partial charge in [-0.15, -0.1) is 10.2 Å². The number of hydrogen-bond donors (Lipinski definition) is 2. The molecule has 1 fully saturated rings. The minimum atomic E-state index is -0.439. The number of hydrogen-bond acceptors (Lipinski definition) is 6. The largest absolute Gasteiger partial charge is 0.356 e. The van der Waals surface area contributed by atoms with Crippen molar-refractivity contribution in [3.8, 4) is 0 Å². The highest BCUT2D eigenvalue weighted by Crippen LogP contribution is 2.23. The van der Waals surface area contributed by atoms with Crippen molar-refractivity contribution in [2.45, 2.75) is 39.5 Å². The molecule has 8 nitrogen and oxygen atoms in total. The number of nitrogens with one attached hydrogen (secondary N) is 2. The van der Waals surface area contributed by atoms with Crippen LogP contribution >= 0.6 is 22.9 Å². The lowest BCUT2D eigenvalue weighted by molar-refractivity contribution is -0.122. The molecule has 3 rings (SSSR count). The SMILES string of the molecule is CC(C)CCNC(=O)CC1CCN(C(=O)c2nnc(C(=O)Nc3cccc(Cl)c3)s2)CC1. The molecule has 2 aromatic rings. The van der Waals surface area contributed by atoms with Crippen molar-refractivity contribution in [2.24, 2.45) is 11.8 Å². The number of halogens is 1. The van der Waals surface area contributed by atoms with Gasteiger partial charge in [-0.2, -0.15) is 0 Å². The number of likely N-dealkylation sites (tertiary alicyclic amines) is 1. The minimum absolute atomic E-state index is 0.0786. The third-order valence-corrected chi connectivity index (χ3v) is 6.45. The zero-order valence-corrected chi connectivity index (χ0v) is 19.8. The first kappa shape index (κ1) is 24.1. The molecule has 1 aliphatic rings. The van der Waals surface area contributed by atoms with E-state index in [1.165, 1.54) is 0 Å². The Hall–Kier alpha value is -2.52. The first-order chi connectivity index (χ1) is 15.3. The van der Waals surface area contributed by atoms with E-state index in [2.05, 4.69) is 34.7 Å². The number of carbonyl (C=O) groups is 3. The van der Waals surface area contributed by atoms with Crippen LogP contribution < -0.4 is 10.6 Å². The summed E-state index contributed by atoms with van der Waals surface area (Å²) >= 11 is 6.89. The van der Waals surface area contributed by atoms with Crippen LogP contribution in [0, 0.1) is 11.8 Å². The van der Waals surface area contributed by atoms with Gasteiger partial charge in [-0.3, -0.25) is 14.4 Å². The highest BCUT2D eigenvalue weighted by molar-refractivity contribution is 7.15. The molecule has 0 spiro atoms. The molecule has 0 atom stereocenters. The van der Waals surface area contributed by atoms with Crippen LogP contribution in [0.2, 0.25) is 5.02 Å². The van der Waals surface area contributed by atoms with E-state index in [1.807, 2.05) is 0 Å². The summed E-state index contributed by atoms with van der Waals surface area (Å²) in [5.74, 6) is 0.241. The summed E-state index contributed by atoms with van der Waals surface area (Å²) in [5.41, 5.74) is 0.542. The standard InChI is InChI=1S/C22H28ClN5O3S/c1-14(2)6-9-24-18(29)12-15-7-10-28(11-8-15)22(31)21-27-26-20(32-21)19(30)25-17-5-3-4-16(23)13-17/h3-5,13-15H,6-12H2,1-2H3,(H,24,29)(H,25,30). The van der Waals surface area contributed by atoms with Gasteiger partial charge in [0.05, 0.1) is 0 Å². The Morgan fingerprint density at radius 1 is 1.19 bits per heavy atom. The van der Waals surface area contributed by atoms with Crippen LogP contribution in [0.15, 0.2) is 24.3 Å². The number of carbonyl (C=O) groups excluding carboxylic acids is 3. The van der Waals surface area contributed by atoms with Crippen LogP contribution in [-0.4, -0.2) is 52.5 Å². The Bertz CT molecular complexity index is 957. The van der Waals surface area contributed by atoms with Crippen molar-refractivity contribution in [3.05, 3.63) is 39.3 Å². The van der Waals surface area contributed by atoms with Gasteiger partial charge >= 0.3 is 0 Å². The van der Waals surface area contributed by atoms with E-state index in [0.717, 1.165) is 30.6 Å². The summed E-state index contributed by atoms with van der Waals surface area (Å²) in [6, 6.07) is 6.78. The number of anilines is 1. The van der Waals surface area contributed by atoms with Gasteiger partial charge in [-0.25, -0.2) is 0 Å². The van der Waals surface area contributed by atoms with Crippen LogP contribution in [0.4, 0.5) is 5.69 Å². The molecule has 10 heteroatoms. The van der Waals surface area contributed by atoms with Crippen LogP contribution in [0.5, 0.6) is 0 Å².